The van der Waals surface area contributed by atoms with E-state index in [9.17, 15) is 14.4 Å². The van der Waals surface area contributed by atoms with Crippen LogP contribution in [0.4, 0.5) is 0 Å². The largest absolute Gasteiger partial charge is 0.480 e. The standard InChI is InChI=1S/C40H69NO5/c1-3-5-7-9-11-13-15-16-18-20-22-27-31-35-40(45)46-37(32-28-24-21-19-17-14-12-10-8-6-4-2)33-29-25-23-26-30-34-38(42)41-36-39(43)44/h5,7,11,13,16,18,22,27,37H,3-4,6,8-10,12,14-15,17,19-21,23-26,28-36H2,1-2H3,(H,41,42)(H,43,44)/b7-5-,13-11-,18-16-,27-22-. The minimum absolute atomic E-state index is 0.00899. The number of unbranched alkanes of at least 4 members (excludes halogenated alkanes) is 14. The van der Waals surface area contributed by atoms with E-state index < -0.39 is 5.97 Å². The summed E-state index contributed by atoms with van der Waals surface area (Å²) in [5.41, 5.74) is 0. The van der Waals surface area contributed by atoms with Gasteiger partial charge in [-0.1, -0.05) is 146 Å². The van der Waals surface area contributed by atoms with E-state index in [1.807, 2.05) is 0 Å². The Morgan fingerprint density at radius 3 is 1.54 bits per heavy atom. The number of rotatable bonds is 33. The van der Waals surface area contributed by atoms with Gasteiger partial charge in [0.05, 0.1) is 0 Å². The Morgan fingerprint density at radius 1 is 0.587 bits per heavy atom. The van der Waals surface area contributed by atoms with Crippen LogP contribution in [0.2, 0.25) is 0 Å². The first-order valence-electron chi connectivity index (χ1n) is 18.8. The Kier molecular flexibility index (Phi) is 33.2. The Bertz CT molecular complexity index is 845. The van der Waals surface area contributed by atoms with Crippen LogP contribution in [0.15, 0.2) is 48.6 Å². The first kappa shape index (κ1) is 43.4. The summed E-state index contributed by atoms with van der Waals surface area (Å²) in [6, 6.07) is 0. The van der Waals surface area contributed by atoms with Crippen molar-refractivity contribution in [1.29, 1.82) is 0 Å². The van der Waals surface area contributed by atoms with Gasteiger partial charge >= 0.3 is 11.9 Å². The van der Waals surface area contributed by atoms with Gasteiger partial charge in [-0.25, -0.2) is 0 Å². The van der Waals surface area contributed by atoms with E-state index in [4.69, 9.17) is 9.84 Å². The number of aliphatic carboxylic acids is 1. The van der Waals surface area contributed by atoms with Gasteiger partial charge in [-0.15, -0.1) is 0 Å². The van der Waals surface area contributed by atoms with Crippen LogP contribution in [-0.2, 0) is 19.1 Å². The lowest BCUT2D eigenvalue weighted by Gasteiger charge is -2.18. The van der Waals surface area contributed by atoms with Gasteiger partial charge in [-0.2, -0.15) is 0 Å². The lowest BCUT2D eigenvalue weighted by Crippen LogP contribution is -2.28. The number of carboxylic acids is 1. The highest BCUT2D eigenvalue weighted by molar-refractivity contribution is 5.80. The molecule has 1 unspecified atom stereocenters. The van der Waals surface area contributed by atoms with E-state index in [-0.39, 0.29) is 24.5 Å². The SMILES string of the molecule is CC/C=C\C/C=C\C/C=C\C/C=C\CCC(=O)OC(CCCCCCCCCCCCC)CCCCCCCC(=O)NCC(=O)O. The molecule has 0 aromatic heterocycles. The van der Waals surface area contributed by atoms with Gasteiger partial charge in [0, 0.05) is 12.8 Å². The Morgan fingerprint density at radius 2 is 1.04 bits per heavy atom. The van der Waals surface area contributed by atoms with Crippen LogP contribution in [0.25, 0.3) is 0 Å². The average Bonchev–Trinajstić information content (AvgIpc) is 3.04. The molecule has 0 bridgehead atoms. The third-order valence-corrected chi connectivity index (χ3v) is 8.03. The highest BCUT2D eigenvalue weighted by Gasteiger charge is 2.14. The molecule has 264 valence electrons. The molecule has 0 aromatic carbocycles. The number of hydrogen-bond acceptors (Lipinski definition) is 4. The summed E-state index contributed by atoms with van der Waals surface area (Å²) in [5.74, 6) is -1.32. The monoisotopic (exact) mass is 644 g/mol. The first-order valence-corrected chi connectivity index (χ1v) is 18.8. The van der Waals surface area contributed by atoms with Gasteiger partial charge in [-0.3, -0.25) is 14.4 Å². The summed E-state index contributed by atoms with van der Waals surface area (Å²) in [7, 11) is 0. The molecule has 0 aliphatic carbocycles. The summed E-state index contributed by atoms with van der Waals surface area (Å²) < 4.78 is 5.95. The number of amides is 1. The zero-order valence-electron chi connectivity index (χ0n) is 29.7. The number of allylic oxidation sites excluding steroid dienone is 8. The van der Waals surface area contributed by atoms with Crippen LogP contribution < -0.4 is 5.32 Å². The van der Waals surface area contributed by atoms with E-state index >= 15 is 0 Å². The summed E-state index contributed by atoms with van der Waals surface area (Å²) in [5, 5.41) is 11.1. The second-order valence-electron chi connectivity index (χ2n) is 12.5. The fourth-order valence-corrected chi connectivity index (χ4v) is 5.29. The molecular formula is C40H69NO5. The van der Waals surface area contributed by atoms with E-state index in [1.54, 1.807) is 0 Å². The van der Waals surface area contributed by atoms with Crippen molar-refractivity contribution in [3.63, 3.8) is 0 Å². The number of ether oxygens (including phenoxy) is 1. The maximum atomic E-state index is 12.6. The lowest BCUT2D eigenvalue weighted by atomic mass is 10.0. The molecule has 0 heterocycles. The fraction of sp³-hybridized carbons (Fsp3) is 0.725. The third kappa shape index (κ3) is 34.2. The third-order valence-electron chi connectivity index (χ3n) is 8.03. The maximum Gasteiger partial charge on any atom is 0.322 e. The number of hydrogen-bond donors (Lipinski definition) is 2. The zero-order valence-corrected chi connectivity index (χ0v) is 29.7. The maximum absolute atomic E-state index is 12.6. The quantitative estimate of drug-likeness (QED) is 0.0422. The normalized spacial score (nSPS) is 12.6. The zero-order chi connectivity index (χ0) is 33.8. The molecule has 6 nitrogen and oxygen atoms in total. The molecule has 0 aromatic rings. The molecule has 1 amide bonds. The highest BCUT2D eigenvalue weighted by atomic mass is 16.5. The number of nitrogens with one attached hydrogen (secondary N) is 1. The van der Waals surface area contributed by atoms with Crippen molar-refractivity contribution < 1.29 is 24.2 Å². The minimum Gasteiger partial charge on any atom is -0.480 e. The molecule has 0 saturated carbocycles. The second-order valence-corrected chi connectivity index (χ2v) is 12.5. The average molecular weight is 644 g/mol. The Hall–Kier alpha value is -2.63. The van der Waals surface area contributed by atoms with Crippen LogP contribution in [0.5, 0.6) is 0 Å². The van der Waals surface area contributed by atoms with E-state index in [2.05, 4.69) is 67.8 Å². The molecule has 1 atom stereocenters. The predicted molar refractivity (Wildman–Crippen MR) is 194 cm³/mol. The van der Waals surface area contributed by atoms with Crippen molar-refractivity contribution in [2.45, 2.75) is 180 Å². The van der Waals surface area contributed by atoms with Crippen LogP contribution in [0.3, 0.4) is 0 Å². The Balaban J connectivity index is 4.31. The molecule has 46 heavy (non-hydrogen) atoms. The van der Waals surface area contributed by atoms with E-state index in [0.29, 0.717) is 19.3 Å². The van der Waals surface area contributed by atoms with Crippen molar-refractivity contribution in [2.24, 2.45) is 0 Å². The molecule has 6 heteroatoms. The van der Waals surface area contributed by atoms with Crippen molar-refractivity contribution in [1.82, 2.24) is 5.32 Å². The summed E-state index contributed by atoms with van der Waals surface area (Å²) >= 11 is 0. The summed E-state index contributed by atoms with van der Waals surface area (Å²) in [6.07, 6.45) is 43.7. The van der Waals surface area contributed by atoms with Gasteiger partial charge < -0.3 is 15.2 Å². The number of esters is 1. The molecule has 0 aliphatic rings. The van der Waals surface area contributed by atoms with Gasteiger partial charge in [-0.05, 0) is 64.2 Å². The van der Waals surface area contributed by atoms with Crippen LogP contribution in [0.1, 0.15) is 174 Å². The molecule has 0 spiro atoms. The van der Waals surface area contributed by atoms with Crippen molar-refractivity contribution in [3.05, 3.63) is 48.6 Å². The molecule has 0 aliphatic heterocycles. The van der Waals surface area contributed by atoms with Crippen LogP contribution in [0, 0.1) is 0 Å². The van der Waals surface area contributed by atoms with Gasteiger partial charge in [0.1, 0.15) is 12.6 Å². The Labute approximate surface area is 282 Å². The van der Waals surface area contributed by atoms with Crippen molar-refractivity contribution >= 4 is 17.8 Å². The number of carboxylic acid groups (broad SMARTS) is 1. The number of carbonyl (C=O) groups excluding carboxylic acids is 2. The van der Waals surface area contributed by atoms with Gasteiger partial charge in [0.2, 0.25) is 5.91 Å². The predicted octanol–water partition coefficient (Wildman–Crippen LogP) is 11.1. The molecule has 0 radical (unpaired) electrons. The van der Waals surface area contributed by atoms with Crippen molar-refractivity contribution in [2.75, 3.05) is 6.54 Å². The summed E-state index contributed by atoms with van der Waals surface area (Å²) in [4.78, 5) is 34.8. The minimum atomic E-state index is -1.02. The van der Waals surface area contributed by atoms with Crippen LogP contribution >= 0.6 is 0 Å². The summed E-state index contributed by atoms with van der Waals surface area (Å²) in [6.45, 7) is 4.09. The van der Waals surface area contributed by atoms with E-state index in [0.717, 1.165) is 77.0 Å². The first-order chi connectivity index (χ1) is 22.5. The fourth-order valence-electron chi connectivity index (χ4n) is 5.29. The molecule has 0 saturated heterocycles. The van der Waals surface area contributed by atoms with Crippen LogP contribution in [-0.4, -0.2) is 35.6 Å². The van der Waals surface area contributed by atoms with Gasteiger partial charge in [0.25, 0.3) is 0 Å². The molecule has 2 N–H and O–H groups in total. The number of carbonyl (C=O) groups is 3. The second kappa shape index (κ2) is 35.2. The smallest absolute Gasteiger partial charge is 0.322 e. The molecule has 0 fully saturated rings. The molecule has 0 rings (SSSR count). The lowest BCUT2D eigenvalue weighted by molar-refractivity contribution is -0.149. The van der Waals surface area contributed by atoms with E-state index in [1.165, 1.54) is 64.2 Å². The topological polar surface area (TPSA) is 92.7 Å². The van der Waals surface area contributed by atoms with Crippen molar-refractivity contribution in [3.8, 4) is 0 Å². The molecular weight excluding hydrogens is 574 g/mol. The van der Waals surface area contributed by atoms with Gasteiger partial charge in [0.15, 0.2) is 0 Å². The highest BCUT2D eigenvalue weighted by Crippen LogP contribution is 2.18.